The van der Waals surface area contributed by atoms with E-state index in [1.54, 1.807) is 0 Å². The van der Waals surface area contributed by atoms with Gasteiger partial charge in [-0.15, -0.1) is 11.3 Å². The van der Waals surface area contributed by atoms with Crippen molar-refractivity contribution in [2.45, 2.75) is 44.6 Å². The lowest BCUT2D eigenvalue weighted by Crippen LogP contribution is -2.29. The molecule has 7 nitrogen and oxygen atoms in total. The van der Waals surface area contributed by atoms with Crippen LogP contribution < -0.4 is 5.32 Å². The topological polar surface area (TPSA) is 83.4 Å². The molecule has 1 amide bonds. The van der Waals surface area contributed by atoms with Crippen LogP contribution in [0.1, 0.15) is 58.1 Å². The number of fused-ring (bicyclic) bond motifs is 4. The van der Waals surface area contributed by atoms with E-state index in [2.05, 4.69) is 16.5 Å². The third-order valence-electron chi connectivity index (χ3n) is 5.93. The number of carbonyl (C=O) groups is 2. The van der Waals surface area contributed by atoms with Crippen LogP contribution in [-0.4, -0.2) is 41.1 Å². The number of esters is 1. The molecule has 32 heavy (non-hydrogen) atoms. The van der Waals surface area contributed by atoms with Crippen molar-refractivity contribution >= 4 is 57.0 Å². The number of rotatable bonds is 4. The Balaban J connectivity index is 1.32. The van der Waals surface area contributed by atoms with Crippen LogP contribution in [0.3, 0.4) is 0 Å². The number of carbonyl (C=O) groups excluding carboxylic acids is 2. The highest BCUT2D eigenvalue weighted by atomic mass is 32.2. The van der Waals surface area contributed by atoms with Crippen LogP contribution in [0.4, 0.5) is 10.7 Å². The molecule has 1 aliphatic carbocycles. The fourth-order valence-electron chi connectivity index (χ4n) is 4.42. The number of hydrogen-bond donors (Lipinski definition) is 1. The predicted octanol–water partition coefficient (Wildman–Crippen LogP) is 4.91. The maximum atomic E-state index is 12.8. The third kappa shape index (κ3) is 3.95. The fourth-order valence-corrected chi connectivity index (χ4v) is 6.52. The molecule has 2 aliphatic heterocycles. The first-order chi connectivity index (χ1) is 15.7. The van der Waals surface area contributed by atoms with Crippen molar-refractivity contribution in [1.82, 2.24) is 5.01 Å². The molecule has 2 aromatic rings. The van der Waals surface area contributed by atoms with Crippen LogP contribution in [0.5, 0.6) is 0 Å². The molecule has 9 heteroatoms. The van der Waals surface area contributed by atoms with Gasteiger partial charge in [-0.3, -0.25) is 4.79 Å². The second-order valence-electron chi connectivity index (χ2n) is 7.94. The Morgan fingerprint density at radius 3 is 2.97 bits per heavy atom. The van der Waals surface area contributed by atoms with E-state index in [0.717, 1.165) is 55.3 Å². The van der Waals surface area contributed by atoms with Gasteiger partial charge in [0.25, 0.3) is 0 Å². The molecule has 3 aliphatic rings. The molecule has 0 bridgehead atoms. The van der Waals surface area contributed by atoms with Crippen molar-refractivity contribution in [1.29, 1.82) is 0 Å². The minimum absolute atomic E-state index is 0.133. The van der Waals surface area contributed by atoms with E-state index >= 15 is 0 Å². The van der Waals surface area contributed by atoms with Gasteiger partial charge in [-0.2, -0.15) is 5.10 Å². The molecule has 1 aromatic heterocycles. The van der Waals surface area contributed by atoms with E-state index in [4.69, 9.17) is 9.73 Å². The predicted molar refractivity (Wildman–Crippen MR) is 129 cm³/mol. The van der Waals surface area contributed by atoms with Crippen LogP contribution >= 0.6 is 23.1 Å². The van der Waals surface area contributed by atoms with Gasteiger partial charge < -0.3 is 10.1 Å². The number of thiophene rings is 1. The summed E-state index contributed by atoms with van der Waals surface area (Å²) in [6.07, 6.45) is 7.83. The van der Waals surface area contributed by atoms with E-state index in [0.29, 0.717) is 15.7 Å². The lowest BCUT2D eigenvalue weighted by Gasteiger charge is -2.29. The Labute approximate surface area is 194 Å². The first kappa shape index (κ1) is 21.2. The van der Waals surface area contributed by atoms with Crippen LogP contribution in [0, 0.1) is 0 Å². The Kier molecular flexibility index (Phi) is 6.01. The van der Waals surface area contributed by atoms with E-state index in [9.17, 15) is 9.59 Å². The van der Waals surface area contributed by atoms with Crippen molar-refractivity contribution in [3.8, 4) is 0 Å². The summed E-state index contributed by atoms with van der Waals surface area (Å²) in [6.45, 7) is 0. The van der Waals surface area contributed by atoms with Gasteiger partial charge in [-0.05, 0) is 37.3 Å². The van der Waals surface area contributed by atoms with E-state index in [1.165, 1.54) is 35.1 Å². The second kappa shape index (κ2) is 9.07. The molecule has 3 heterocycles. The van der Waals surface area contributed by atoms with Gasteiger partial charge in [0.1, 0.15) is 5.00 Å². The molecule has 0 saturated carbocycles. The lowest BCUT2D eigenvalue weighted by molar-refractivity contribution is -0.113. The number of amides is 1. The Morgan fingerprint density at radius 1 is 1.25 bits per heavy atom. The molecular formula is C23H24N4O3S2. The molecule has 0 spiro atoms. The zero-order valence-corrected chi connectivity index (χ0v) is 19.4. The van der Waals surface area contributed by atoms with E-state index in [1.807, 2.05) is 29.4 Å². The summed E-state index contributed by atoms with van der Waals surface area (Å²) in [6, 6.07) is 8.19. The number of para-hydroxylation sites is 1. The Morgan fingerprint density at radius 2 is 2.09 bits per heavy atom. The van der Waals surface area contributed by atoms with Crippen molar-refractivity contribution in [3.05, 3.63) is 45.8 Å². The average molecular weight is 469 g/mol. The summed E-state index contributed by atoms with van der Waals surface area (Å²) in [7, 11) is 1.39. The minimum Gasteiger partial charge on any atom is -0.465 e. The standard InChI is InChI=1S/C23H24N4O3S2/c1-30-22(29)20-15-8-3-2-4-10-18(15)32-21(20)26-19(28)13-31-23-25-16-9-6-5-7-14(16)17-11-12-24-27(17)23/h5-7,9,12,17H,2-4,8,10-11,13H2,1H3,(H,26,28). The SMILES string of the molecule is COC(=O)c1c(NC(=O)CSC2=Nc3ccccc3C3CC=NN23)sc2c1CCCCC2. The van der Waals surface area contributed by atoms with Crippen LogP contribution in [0.2, 0.25) is 0 Å². The summed E-state index contributed by atoms with van der Waals surface area (Å²) in [5.74, 6) is -0.365. The highest BCUT2D eigenvalue weighted by Crippen LogP contribution is 2.41. The van der Waals surface area contributed by atoms with Gasteiger partial charge in [0.05, 0.1) is 30.2 Å². The van der Waals surface area contributed by atoms with Crippen LogP contribution in [-0.2, 0) is 22.4 Å². The number of hydrazone groups is 1. The number of aryl methyl sites for hydroxylation is 1. The molecule has 166 valence electrons. The van der Waals surface area contributed by atoms with Crippen molar-refractivity contribution in [2.75, 3.05) is 18.2 Å². The normalized spacial score (nSPS) is 18.8. The lowest BCUT2D eigenvalue weighted by atomic mass is 10.0. The molecule has 1 N–H and O–H groups in total. The number of amidine groups is 1. The van der Waals surface area contributed by atoms with Crippen molar-refractivity contribution < 1.29 is 14.3 Å². The molecule has 5 rings (SSSR count). The molecule has 1 aromatic carbocycles. The largest absolute Gasteiger partial charge is 0.465 e. The summed E-state index contributed by atoms with van der Waals surface area (Å²) in [5.41, 5.74) is 3.66. The summed E-state index contributed by atoms with van der Waals surface area (Å²) < 4.78 is 5.03. The molecule has 0 saturated heterocycles. The smallest absolute Gasteiger partial charge is 0.341 e. The Bertz CT molecular complexity index is 1120. The monoisotopic (exact) mass is 468 g/mol. The molecule has 1 unspecified atom stereocenters. The number of anilines is 1. The summed E-state index contributed by atoms with van der Waals surface area (Å²) in [4.78, 5) is 31.3. The first-order valence-corrected chi connectivity index (χ1v) is 12.6. The number of nitrogens with zero attached hydrogens (tertiary/aromatic N) is 3. The second-order valence-corrected chi connectivity index (χ2v) is 9.99. The average Bonchev–Trinajstić information content (AvgIpc) is 3.36. The van der Waals surface area contributed by atoms with Gasteiger partial charge in [-0.1, -0.05) is 36.4 Å². The number of methoxy groups -OCH3 is 1. The summed E-state index contributed by atoms with van der Waals surface area (Å²) in [5, 5.41) is 10.6. The molecular weight excluding hydrogens is 444 g/mol. The first-order valence-electron chi connectivity index (χ1n) is 10.8. The third-order valence-corrected chi connectivity index (χ3v) is 8.08. The zero-order valence-electron chi connectivity index (χ0n) is 17.8. The number of thioether (sulfide) groups is 1. The van der Waals surface area contributed by atoms with Crippen LogP contribution in [0.25, 0.3) is 0 Å². The highest BCUT2D eigenvalue weighted by Gasteiger charge is 2.33. The maximum Gasteiger partial charge on any atom is 0.341 e. The van der Waals surface area contributed by atoms with Gasteiger partial charge in [-0.25, -0.2) is 14.8 Å². The van der Waals surface area contributed by atoms with Crippen molar-refractivity contribution in [2.24, 2.45) is 10.1 Å². The van der Waals surface area contributed by atoms with E-state index < -0.39 is 0 Å². The quantitative estimate of drug-likeness (QED) is 0.509. The number of benzene rings is 1. The van der Waals surface area contributed by atoms with Gasteiger partial charge in [0, 0.05) is 23.1 Å². The van der Waals surface area contributed by atoms with Gasteiger partial charge in [0.2, 0.25) is 5.91 Å². The fraction of sp³-hybridized carbons (Fsp3) is 0.391. The van der Waals surface area contributed by atoms with Crippen LogP contribution in [0.15, 0.2) is 34.4 Å². The van der Waals surface area contributed by atoms with Crippen molar-refractivity contribution in [3.63, 3.8) is 0 Å². The minimum atomic E-state index is -0.380. The van der Waals surface area contributed by atoms with Gasteiger partial charge >= 0.3 is 5.97 Å². The molecule has 0 radical (unpaired) electrons. The number of hydrogen-bond acceptors (Lipinski definition) is 8. The molecule has 1 atom stereocenters. The maximum absolute atomic E-state index is 12.8. The number of ether oxygens (including phenoxy) is 1. The zero-order chi connectivity index (χ0) is 22.1. The van der Waals surface area contributed by atoms with Gasteiger partial charge in [0.15, 0.2) is 5.17 Å². The number of nitrogens with one attached hydrogen (secondary N) is 1. The Hall–Kier alpha value is -2.65. The molecule has 0 fully saturated rings. The summed E-state index contributed by atoms with van der Waals surface area (Å²) >= 11 is 2.87. The highest BCUT2D eigenvalue weighted by molar-refractivity contribution is 8.14. The number of aliphatic imine (C=N–C) groups is 1. The van der Waals surface area contributed by atoms with E-state index in [-0.39, 0.29) is 23.7 Å².